The van der Waals surface area contributed by atoms with Crippen molar-refractivity contribution in [2.75, 3.05) is 39.9 Å². The number of carbonyl (C=O) groups excluding carboxylic acids is 1. The molecular formula is C19H29N3O5. The number of piperidine rings is 1. The van der Waals surface area contributed by atoms with E-state index in [4.69, 9.17) is 9.47 Å². The van der Waals surface area contributed by atoms with Crippen molar-refractivity contribution in [2.45, 2.75) is 33.1 Å². The molecule has 8 heteroatoms. The molecule has 2 rings (SSSR count). The molecule has 150 valence electrons. The number of carbonyl (C=O) groups is 1. The van der Waals surface area contributed by atoms with Crippen molar-refractivity contribution >= 4 is 11.6 Å². The summed E-state index contributed by atoms with van der Waals surface area (Å²) in [5.41, 5.74) is -0.314. The van der Waals surface area contributed by atoms with E-state index in [1.54, 1.807) is 6.92 Å². The average Bonchev–Trinajstić information content (AvgIpc) is 2.66. The second-order valence-electron chi connectivity index (χ2n) is 6.89. The number of ether oxygens (including phenoxy) is 2. The maximum atomic E-state index is 12.6. The van der Waals surface area contributed by atoms with E-state index < -0.39 is 10.8 Å². The largest absolute Gasteiger partial charge is 0.493 e. The van der Waals surface area contributed by atoms with Crippen molar-refractivity contribution < 1.29 is 19.2 Å². The predicted octanol–water partition coefficient (Wildman–Crippen LogP) is 2.85. The maximum Gasteiger partial charge on any atom is 0.286 e. The molecule has 0 aliphatic carbocycles. The van der Waals surface area contributed by atoms with Crippen LogP contribution in [-0.2, 0) is 0 Å². The second-order valence-corrected chi connectivity index (χ2v) is 6.89. The molecule has 0 aromatic heterocycles. The Hall–Kier alpha value is -2.35. The van der Waals surface area contributed by atoms with Gasteiger partial charge in [0.05, 0.1) is 24.7 Å². The average molecular weight is 379 g/mol. The fourth-order valence-corrected chi connectivity index (χ4v) is 3.32. The highest BCUT2D eigenvalue weighted by Gasteiger charge is 2.25. The molecule has 0 spiro atoms. The second kappa shape index (κ2) is 10.1. The highest BCUT2D eigenvalue weighted by molar-refractivity contribution is 5.99. The van der Waals surface area contributed by atoms with Crippen LogP contribution in [0, 0.1) is 16.0 Å². The fourth-order valence-electron chi connectivity index (χ4n) is 3.32. The van der Waals surface area contributed by atoms with Crippen LogP contribution in [0.3, 0.4) is 0 Å². The normalized spacial score (nSPS) is 15.8. The zero-order valence-electron chi connectivity index (χ0n) is 16.3. The van der Waals surface area contributed by atoms with Gasteiger partial charge in [0.25, 0.3) is 11.6 Å². The predicted molar refractivity (Wildman–Crippen MR) is 103 cm³/mol. The lowest BCUT2D eigenvalue weighted by molar-refractivity contribution is -0.385. The van der Waals surface area contributed by atoms with Crippen LogP contribution in [0.15, 0.2) is 12.1 Å². The zero-order valence-corrected chi connectivity index (χ0v) is 16.3. The first-order chi connectivity index (χ1) is 13.0. The summed E-state index contributed by atoms with van der Waals surface area (Å²) in [6.45, 7) is 7.75. The number of nitro groups is 1. The number of hydrogen-bond acceptors (Lipinski definition) is 6. The van der Waals surface area contributed by atoms with Crippen LogP contribution >= 0.6 is 0 Å². The van der Waals surface area contributed by atoms with Gasteiger partial charge < -0.3 is 19.7 Å². The fraction of sp³-hybridized carbons (Fsp3) is 0.632. The minimum atomic E-state index is -0.575. The van der Waals surface area contributed by atoms with E-state index in [1.165, 1.54) is 38.5 Å². The lowest BCUT2D eigenvalue weighted by Gasteiger charge is -2.29. The van der Waals surface area contributed by atoms with Gasteiger partial charge in [-0.3, -0.25) is 14.9 Å². The summed E-state index contributed by atoms with van der Waals surface area (Å²) in [5, 5.41) is 14.2. The van der Waals surface area contributed by atoms with Crippen molar-refractivity contribution in [3.63, 3.8) is 0 Å². The molecule has 1 aromatic carbocycles. The molecule has 1 aliphatic rings. The molecule has 27 heavy (non-hydrogen) atoms. The van der Waals surface area contributed by atoms with Crippen molar-refractivity contribution in [3.8, 4) is 11.5 Å². The molecule has 1 saturated heterocycles. The molecule has 1 fully saturated rings. The van der Waals surface area contributed by atoms with Crippen LogP contribution in [-0.4, -0.2) is 55.6 Å². The number of nitro benzene ring substituents is 1. The van der Waals surface area contributed by atoms with E-state index in [0.717, 1.165) is 19.6 Å². The van der Waals surface area contributed by atoms with Crippen molar-refractivity contribution in [2.24, 2.45) is 5.92 Å². The van der Waals surface area contributed by atoms with Gasteiger partial charge in [-0.1, -0.05) is 13.3 Å². The maximum absolute atomic E-state index is 12.6. The van der Waals surface area contributed by atoms with Crippen molar-refractivity contribution in [3.05, 3.63) is 27.8 Å². The highest BCUT2D eigenvalue weighted by Crippen LogP contribution is 2.34. The summed E-state index contributed by atoms with van der Waals surface area (Å²) in [4.78, 5) is 25.8. The van der Waals surface area contributed by atoms with Gasteiger partial charge in [0, 0.05) is 19.2 Å². The minimum absolute atomic E-state index is 0.0227. The number of benzene rings is 1. The third-order valence-electron chi connectivity index (χ3n) is 4.65. The van der Waals surface area contributed by atoms with Crippen LogP contribution < -0.4 is 14.8 Å². The van der Waals surface area contributed by atoms with Gasteiger partial charge in [0.15, 0.2) is 11.5 Å². The lowest BCUT2D eigenvalue weighted by Crippen LogP contribution is -2.38. The summed E-state index contributed by atoms with van der Waals surface area (Å²) in [6, 6.07) is 2.61. The standard InChI is InChI=1S/C19H29N3O5/c1-4-27-18-11-16(22(24)25)15(10-17(18)26-3)19(23)20-12-14(2)13-21-8-6-5-7-9-21/h10-11,14H,4-9,12-13H2,1-3H3,(H,20,23). The molecule has 1 atom stereocenters. The first kappa shape index (κ1) is 21.0. The number of hydrogen-bond donors (Lipinski definition) is 1. The van der Waals surface area contributed by atoms with Crippen molar-refractivity contribution in [1.29, 1.82) is 0 Å². The van der Waals surface area contributed by atoms with Crippen LogP contribution in [0.25, 0.3) is 0 Å². The van der Waals surface area contributed by atoms with Crippen LogP contribution in [0.5, 0.6) is 11.5 Å². The van der Waals surface area contributed by atoms with Gasteiger partial charge in [-0.25, -0.2) is 0 Å². The van der Waals surface area contributed by atoms with E-state index in [0.29, 0.717) is 18.9 Å². The summed E-state index contributed by atoms with van der Waals surface area (Å²) in [6.07, 6.45) is 3.72. The summed E-state index contributed by atoms with van der Waals surface area (Å²) in [5.74, 6) is 0.333. The first-order valence-electron chi connectivity index (χ1n) is 9.46. The van der Waals surface area contributed by atoms with Gasteiger partial charge in [-0.15, -0.1) is 0 Å². The Labute approximate surface area is 160 Å². The van der Waals surface area contributed by atoms with E-state index in [1.807, 2.05) is 0 Å². The number of amides is 1. The molecule has 1 amide bonds. The molecule has 0 radical (unpaired) electrons. The molecule has 1 unspecified atom stereocenters. The van der Waals surface area contributed by atoms with E-state index >= 15 is 0 Å². The summed E-state index contributed by atoms with van der Waals surface area (Å²) < 4.78 is 10.6. The Kier molecular flexibility index (Phi) is 7.84. The zero-order chi connectivity index (χ0) is 19.8. The monoisotopic (exact) mass is 379 g/mol. The number of rotatable bonds is 9. The lowest BCUT2D eigenvalue weighted by atomic mass is 10.1. The Morgan fingerprint density at radius 3 is 2.59 bits per heavy atom. The third-order valence-corrected chi connectivity index (χ3v) is 4.65. The van der Waals surface area contributed by atoms with Crippen molar-refractivity contribution in [1.82, 2.24) is 10.2 Å². The van der Waals surface area contributed by atoms with Gasteiger partial charge in [-0.2, -0.15) is 0 Å². The quantitative estimate of drug-likeness (QED) is 0.524. The molecule has 1 heterocycles. The molecule has 1 aromatic rings. The molecule has 8 nitrogen and oxygen atoms in total. The van der Waals surface area contributed by atoms with E-state index in [2.05, 4.69) is 17.1 Å². The van der Waals surface area contributed by atoms with Gasteiger partial charge >= 0.3 is 0 Å². The topological polar surface area (TPSA) is 93.9 Å². The Morgan fingerprint density at radius 1 is 1.30 bits per heavy atom. The van der Waals surface area contributed by atoms with E-state index in [-0.39, 0.29) is 22.9 Å². The van der Waals surface area contributed by atoms with Crippen LogP contribution in [0.2, 0.25) is 0 Å². The molecule has 1 N–H and O–H groups in total. The third kappa shape index (κ3) is 5.82. The number of methoxy groups -OCH3 is 1. The van der Waals surface area contributed by atoms with Gasteiger partial charge in [-0.05, 0) is 38.8 Å². The van der Waals surface area contributed by atoms with Gasteiger partial charge in [0.2, 0.25) is 0 Å². The molecule has 1 aliphatic heterocycles. The van der Waals surface area contributed by atoms with E-state index in [9.17, 15) is 14.9 Å². The molecular weight excluding hydrogens is 350 g/mol. The highest BCUT2D eigenvalue weighted by atomic mass is 16.6. The molecule has 0 saturated carbocycles. The van der Waals surface area contributed by atoms with Crippen LogP contribution in [0.4, 0.5) is 5.69 Å². The molecule has 0 bridgehead atoms. The summed E-state index contributed by atoms with van der Waals surface area (Å²) in [7, 11) is 1.44. The number of nitrogens with zero attached hydrogens (tertiary/aromatic N) is 2. The van der Waals surface area contributed by atoms with Crippen LogP contribution in [0.1, 0.15) is 43.5 Å². The SMILES string of the molecule is CCOc1cc([N+](=O)[O-])c(C(=O)NCC(C)CN2CCCCC2)cc1OC. The van der Waals surface area contributed by atoms with Gasteiger partial charge in [0.1, 0.15) is 5.56 Å². The summed E-state index contributed by atoms with van der Waals surface area (Å²) >= 11 is 0. The Bertz CT molecular complexity index is 659. The number of likely N-dealkylation sites (tertiary alicyclic amines) is 1. The first-order valence-corrected chi connectivity index (χ1v) is 9.46. The number of nitrogens with one attached hydrogen (secondary N) is 1. The Morgan fingerprint density at radius 2 is 2.00 bits per heavy atom. The smallest absolute Gasteiger partial charge is 0.286 e. The minimum Gasteiger partial charge on any atom is -0.493 e. The Balaban J connectivity index is 2.06.